The molecule has 178 valence electrons. The van der Waals surface area contributed by atoms with Crippen molar-refractivity contribution in [1.29, 1.82) is 0 Å². The summed E-state index contributed by atoms with van der Waals surface area (Å²) in [5, 5.41) is 14.3. The highest BCUT2D eigenvalue weighted by molar-refractivity contribution is 5.88. The van der Waals surface area contributed by atoms with E-state index in [1.165, 1.54) is 29.3 Å². The summed E-state index contributed by atoms with van der Waals surface area (Å²) in [5.74, 6) is -1.25. The van der Waals surface area contributed by atoms with Gasteiger partial charge >= 0.3 is 12.1 Å². The van der Waals surface area contributed by atoms with E-state index in [2.05, 4.69) is 34.9 Å². The van der Waals surface area contributed by atoms with E-state index in [0.717, 1.165) is 16.7 Å². The van der Waals surface area contributed by atoms with Crippen molar-refractivity contribution in [2.75, 3.05) is 19.7 Å². The third kappa shape index (κ3) is 5.95. The molecule has 3 aromatic rings. The molecule has 0 radical (unpaired) electrons. The van der Waals surface area contributed by atoms with Gasteiger partial charge < -0.3 is 20.5 Å². The monoisotopic (exact) mass is 470 g/mol. The topological polar surface area (TPSA) is 105 Å². The Kier molecular flexibility index (Phi) is 7.57. The number of rotatable bonds is 9. The van der Waals surface area contributed by atoms with Gasteiger partial charge in [0.15, 0.2) is 0 Å². The predicted octanol–water partition coefficient (Wildman–Crippen LogP) is 4.14. The van der Waals surface area contributed by atoms with Crippen LogP contribution in [0.4, 0.5) is 4.79 Å². The minimum absolute atomic E-state index is 0.00481. The third-order valence-electron chi connectivity index (χ3n) is 5.89. The van der Waals surface area contributed by atoms with Crippen molar-refractivity contribution >= 4 is 18.0 Å². The Bertz CT molecular complexity index is 1200. The Labute approximate surface area is 203 Å². The summed E-state index contributed by atoms with van der Waals surface area (Å²) in [4.78, 5) is 35.0. The van der Waals surface area contributed by atoms with Gasteiger partial charge in [-0.3, -0.25) is 4.79 Å². The van der Waals surface area contributed by atoms with Crippen LogP contribution in [0.25, 0.3) is 11.1 Å². The number of hydrogen-bond donors (Lipinski definition) is 3. The number of carbonyl (C=O) groups is 3. The standard InChI is InChI=1S/C28H26N2O5/c31-26(29-17-15-19-11-13-20(14-12-19)27(32)33)10-5-16-30-28(34)35-18-25-23-8-3-1-6-21(23)22-7-2-4-9-24(22)25/h1-14,25H,15-18H2,(H,29,31)(H,30,34)(H,32,33)/b10-5+. The van der Waals surface area contributed by atoms with E-state index in [1.807, 2.05) is 24.3 Å². The minimum Gasteiger partial charge on any atom is -0.478 e. The smallest absolute Gasteiger partial charge is 0.407 e. The normalized spacial score (nSPS) is 12.1. The fraction of sp³-hybridized carbons (Fsp3) is 0.179. The van der Waals surface area contributed by atoms with Crippen LogP contribution in [0.1, 0.15) is 33.0 Å². The van der Waals surface area contributed by atoms with E-state index in [4.69, 9.17) is 9.84 Å². The zero-order chi connectivity index (χ0) is 24.6. The molecule has 0 bridgehead atoms. The van der Waals surface area contributed by atoms with Gasteiger partial charge in [-0.15, -0.1) is 0 Å². The SMILES string of the molecule is O=C(/C=C/CNC(=O)OCC1c2ccccc2-c2ccccc21)NCCc1ccc(C(=O)O)cc1. The van der Waals surface area contributed by atoms with Gasteiger partial charge in [0.1, 0.15) is 6.61 Å². The molecule has 35 heavy (non-hydrogen) atoms. The average molecular weight is 471 g/mol. The van der Waals surface area contributed by atoms with Gasteiger partial charge in [0.2, 0.25) is 5.91 Å². The first kappa shape index (κ1) is 23.8. The number of carboxylic acids is 1. The number of nitrogens with one attached hydrogen (secondary N) is 2. The highest BCUT2D eigenvalue weighted by Gasteiger charge is 2.28. The van der Waals surface area contributed by atoms with Crippen molar-refractivity contribution in [2.45, 2.75) is 12.3 Å². The zero-order valence-corrected chi connectivity index (χ0v) is 19.1. The maximum absolute atomic E-state index is 12.2. The van der Waals surface area contributed by atoms with E-state index in [1.54, 1.807) is 18.2 Å². The summed E-state index contributed by atoms with van der Waals surface area (Å²) in [6, 6.07) is 22.8. The Morgan fingerprint density at radius 1 is 0.857 bits per heavy atom. The lowest BCUT2D eigenvalue weighted by atomic mass is 9.98. The first-order valence-corrected chi connectivity index (χ1v) is 11.4. The summed E-state index contributed by atoms with van der Waals surface area (Å²) in [7, 11) is 0. The van der Waals surface area contributed by atoms with Gasteiger partial charge in [-0.1, -0.05) is 66.7 Å². The number of carbonyl (C=O) groups excluding carboxylic acids is 2. The summed E-state index contributed by atoms with van der Waals surface area (Å²) in [6.45, 7) is 0.813. The number of ether oxygens (including phenoxy) is 1. The van der Waals surface area contributed by atoms with Gasteiger partial charge in [-0.05, 0) is 46.4 Å². The molecule has 1 aliphatic carbocycles. The molecule has 7 nitrogen and oxygen atoms in total. The quantitative estimate of drug-likeness (QED) is 0.408. The molecule has 0 spiro atoms. The maximum atomic E-state index is 12.2. The summed E-state index contributed by atoms with van der Waals surface area (Å²) >= 11 is 0. The van der Waals surface area contributed by atoms with Crippen LogP contribution in [-0.4, -0.2) is 42.8 Å². The highest BCUT2D eigenvalue weighted by Crippen LogP contribution is 2.44. The van der Waals surface area contributed by atoms with Crippen LogP contribution in [0.3, 0.4) is 0 Å². The first-order valence-electron chi connectivity index (χ1n) is 11.4. The molecule has 0 atom stereocenters. The van der Waals surface area contributed by atoms with Crippen LogP contribution in [0.5, 0.6) is 0 Å². The number of hydrogen-bond acceptors (Lipinski definition) is 4. The van der Waals surface area contributed by atoms with E-state index in [9.17, 15) is 14.4 Å². The Hall–Kier alpha value is -4.39. The number of aromatic carboxylic acids is 1. The molecule has 0 saturated heterocycles. The van der Waals surface area contributed by atoms with E-state index in [0.29, 0.717) is 13.0 Å². The van der Waals surface area contributed by atoms with E-state index >= 15 is 0 Å². The number of alkyl carbamates (subject to hydrolysis) is 1. The average Bonchev–Trinajstić information content (AvgIpc) is 3.19. The number of benzene rings is 3. The van der Waals surface area contributed by atoms with E-state index in [-0.39, 0.29) is 30.5 Å². The molecule has 0 heterocycles. The molecule has 0 aliphatic heterocycles. The molecule has 0 unspecified atom stereocenters. The van der Waals surface area contributed by atoms with Crippen molar-refractivity contribution in [1.82, 2.24) is 10.6 Å². The second kappa shape index (κ2) is 11.2. The second-order valence-corrected chi connectivity index (χ2v) is 8.15. The lowest BCUT2D eigenvalue weighted by molar-refractivity contribution is -0.116. The fourth-order valence-electron chi connectivity index (χ4n) is 4.16. The van der Waals surface area contributed by atoms with Crippen LogP contribution in [0, 0.1) is 0 Å². The molecule has 1 aliphatic rings. The van der Waals surface area contributed by atoms with Gasteiger partial charge in [0, 0.05) is 25.1 Å². The van der Waals surface area contributed by atoms with Gasteiger partial charge in [-0.25, -0.2) is 9.59 Å². The van der Waals surface area contributed by atoms with Crippen molar-refractivity contribution in [3.63, 3.8) is 0 Å². The van der Waals surface area contributed by atoms with Crippen molar-refractivity contribution < 1.29 is 24.2 Å². The van der Waals surface area contributed by atoms with Crippen LogP contribution in [-0.2, 0) is 16.0 Å². The van der Waals surface area contributed by atoms with Crippen LogP contribution in [0.2, 0.25) is 0 Å². The Morgan fingerprint density at radius 2 is 1.49 bits per heavy atom. The van der Waals surface area contributed by atoms with Gasteiger partial charge in [0.25, 0.3) is 0 Å². The lowest BCUT2D eigenvalue weighted by Gasteiger charge is -2.14. The third-order valence-corrected chi connectivity index (χ3v) is 5.89. The van der Waals surface area contributed by atoms with Crippen LogP contribution < -0.4 is 10.6 Å². The summed E-state index contributed by atoms with van der Waals surface area (Å²) in [6.07, 6.45) is 2.95. The minimum atomic E-state index is -0.971. The van der Waals surface area contributed by atoms with Crippen LogP contribution in [0.15, 0.2) is 84.9 Å². The van der Waals surface area contributed by atoms with Crippen molar-refractivity contribution in [3.8, 4) is 11.1 Å². The predicted molar refractivity (Wildman–Crippen MR) is 132 cm³/mol. The number of amides is 2. The Balaban J connectivity index is 1.17. The zero-order valence-electron chi connectivity index (χ0n) is 19.1. The highest BCUT2D eigenvalue weighted by atomic mass is 16.5. The molecule has 2 amide bonds. The molecular weight excluding hydrogens is 444 g/mol. The molecule has 3 aromatic carbocycles. The van der Waals surface area contributed by atoms with Crippen molar-refractivity contribution in [2.24, 2.45) is 0 Å². The lowest BCUT2D eigenvalue weighted by Crippen LogP contribution is -2.27. The molecule has 0 saturated carbocycles. The molecular formula is C28H26N2O5. The molecule has 0 fully saturated rings. The van der Waals surface area contributed by atoms with Gasteiger partial charge in [0.05, 0.1) is 5.56 Å². The Morgan fingerprint density at radius 3 is 2.11 bits per heavy atom. The first-order chi connectivity index (χ1) is 17.0. The maximum Gasteiger partial charge on any atom is 0.407 e. The van der Waals surface area contributed by atoms with Gasteiger partial charge in [-0.2, -0.15) is 0 Å². The second-order valence-electron chi connectivity index (χ2n) is 8.15. The van der Waals surface area contributed by atoms with E-state index < -0.39 is 12.1 Å². The summed E-state index contributed by atoms with van der Waals surface area (Å²) in [5.41, 5.74) is 5.79. The van der Waals surface area contributed by atoms with Crippen LogP contribution >= 0.6 is 0 Å². The number of carboxylic acid groups (broad SMARTS) is 1. The number of fused-ring (bicyclic) bond motifs is 3. The molecule has 7 heteroatoms. The van der Waals surface area contributed by atoms with Crippen molar-refractivity contribution in [3.05, 3.63) is 107 Å². The summed E-state index contributed by atoms with van der Waals surface area (Å²) < 4.78 is 5.46. The molecule has 3 N–H and O–H groups in total. The largest absolute Gasteiger partial charge is 0.478 e. The molecule has 0 aromatic heterocycles. The fourth-order valence-corrected chi connectivity index (χ4v) is 4.16. The molecule has 4 rings (SSSR count).